The molecule has 0 saturated heterocycles. The predicted molar refractivity (Wildman–Crippen MR) is 56.8 cm³/mol. The molecule has 5 heteroatoms. The first-order chi connectivity index (χ1) is 7.20. The van der Waals surface area contributed by atoms with Crippen LogP contribution < -0.4 is 10.9 Å². The quantitative estimate of drug-likeness (QED) is 0.677. The topological polar surface area (TPSA) is 78.0 Å². The van der Waals surface area contributed by atoms with Gasteiger partial charge in [0, 0.05) is 18.9 Å². The number of aromatic nitrogens is 2. The van der Waals surface area contributed by atoms with E-state index in [1.807, 2.05) is 0 Å². The molecule has 1 fully saturated rings. The molecular weight excluding hydrogens is 194 g/mol. The summed E-state index contributed by atoms with van der Waals surface area (Å²) in [6.07, 6.45) is 6.70. The Kier molecular flexibility index (Phi) is 2.73. The zero-order chi connectivity index (χ0) is 10.7. The van der Waals surface area contributed by atoms with Gasteiger partial charge in [-0.1, -0.05) is 12.8 Å². The van der Waals surface area contributed by atoms with Crippen molar-refractivity contribution in [3.8, 4) is 0 Å². The largest absolute Gasteiger partial charge is 0.388 e. The Labute approximate surface area is 87.6 Å². The average Bonchev–Trinajstić information content (AvgIpc) is 2.65. The monoisotopic (exact) mass is 209 g/mol. The van der Waals surface area contributed by atoms with Gasteiger partial charge in [-0.15, -0.1) is 0 Å². The molecule has 0 radical (unpaired) electrons. The number of anilines is 1. The molecule has 0 spiro atoms. The molecular formula is C10H15N3O2. The number of rotatable bonds is 3. The van der Waals surface area contributed by atoms with Gasteiger partial charge < -0.3 is 15.4 Å². The number of hydrogen-bond donors (Lipinski definition) is 3. The second-order valence-electron chi connectivity index (χ2n) is 4.05. The summed E-state index contributed by atoms with van der Waals surface area (Å²) >= 11 is 0. The Morgan fingerprint density at radius 1 is 1.53 bits per heavy atom. The normalized spacial score (nSPS) is 19.0. The second kappa shape index (κ2) is 4.02. The fourth-order valence-electron chi connectivity index (χ4n) is 1.94. The van der Waals surface area contributed by atoms with Gasteiger partial charge in [0.1, 0.15) is 0 Å². The molecule has 1 heterocycles. The number of hydrogen-bond acceptors (Lipinski definition) is 4. The molecule has 0 bridgehead atoms. The van der Waals surface area contributed by atoms with Gasteiger partial charge in [0.15, 0.2) is 5.82 Å². The lowest BCUT2D eigenvalue weighted by molar-refractivity contribution is 0.0613. The zero-order valence-electron chi connectivity index (χ0n) is 8.49. The summed E-state index contributed by atoms with van der Waals surface area (Å²) in [7, 11) is 0. The third kappa shape index (κ3) is 2.36. The Balaban J connectivity index is 1.99. The smallest absolute Gasteiger partial charge is 0.290 e. The van der Waals surface area contributed by atoms with Crippen LogP contribution in [0.3, 0.4) is 0 Å². The van der Waals surface area contributed by atoms with E-state index in [0.29, 0.717) is 6.54 Å². The van der Waals surface area contributed by atoms with Crippen molar-refractivity contribution < 1.29 is 5.11 Å². The first kappa shape index (κ1) is 10.2. The molecule has 0 amide bonds. The number of nitrogens with one attached hydrogen (secondary N) is 2. The van der Waals surface area contributed by atoms with Crippen LogP contribution in [0.2, 0.25) is 0 Å². The van der Waals surface area contributed by atoms with Crippen LogP contribution in [0.15, 0.2) is 17.2 Å². The van der Waals surface area contributed by atoms with Gasteiger partial charge in [-0.3, -0.25) is 4.79 Å². The number of aliphatic hydroxyl groups is 1. The SMILES string of the molecule is O=c1[nH]ccnc1NCC1(O)CCCC1. The van der Waals surface area contributed by atoms with Gasteiger partial charge in [0.05, 0.1) is 5.60 Å². The van der Waals surface area contributed by atoms with E-state index in [4.69, 9.17) is 0 Å². The molecule has 5 nitrogen and oxygen atoms in total. The van der Waals surface area contributed by atoms with E-state index in [0.717, 1.165) is 25.7 Å². The molecule has 2 rings (SSSR count). The molecule has 0 atom stereocenters. The predicted octanol–water partition coefficient (Wildman–Crippen LogP) is 0.487. The molecule has 82 valence electrons. The van der Waals surface area contributed by atoms with E-state index in [-0.39, 0.29) is 11.4 Å². The van der Waals surface area contributed by atoms with E-state index >= 15 is 0 Å². The Morgan fingerprint density at radius 2 is 2.27 bits per heavy atom. The number of H-pyrrole nitrogens is 1. The first-order valence-electron chi connectivity index (χ1n) is 5.20. The third-order valence-electron chi connectivity index (χ3n) is 2.83. The van der Waals surface area contributed by atoms with Crippen molar-refractivity contribution in [1.29, 1.82) is 0 Å². The minimum Gasteiger partial charge on any atom is -0.388 e. The Bertz CT molecular complexity index is 382. The highest BCUT2D eigenvalue weighted by Gasteiger charge is 2.30. The van der Waals surface area contributed by atoms with Crippen LogP contribution in [0.4, 0.5) is 5.82 Å². The summed E-state index contributed by atoms with van der Waals surface area (Å²) in [6, 6.07) is 0. The van der Waals surface area contributed by atoms with Crippen molar-refractivity contribution >= 4 is 5.82 Å². The van der Waals surface area contributed by atoms with Crippen LogP contribution in [0.5, 0.6) is 0 Å². The highest BCUT2D eigenvalue weighted by atomic mass is 16.3. The van der Waals surface area contributed by atoms with E-state index in [2.05, 4.69) is 15.3 Å². The highest BCUT2D eigenvalue weighted by molar-refractivity contribution is 5.30. The summed E-state index contributed by atoms with van der Waals surface area (Å²) in [6.45, 7) is 0.396. The van der Waals surface area contributed by atoms with Crippen LogP contribution in [-0.2, 0) is 0 Å². The van der Waals surface area contributed by atoms with Gasteiger partial charge in [0.2, 0.25) is 0 Å². The van der Waals surface area contributed by atoms with Crippen molar-refractivity contribution in [2.45, 2.75) is 31.3 Å². The lowest BCUT2D eigenvalue weighted by Crippen LogP contribution is -2.35. The molecule has 3 N–H and O–H groups in total. The molecule has 1 aliphatic rings. The molecule has 1 aromatic rings. The van der Waals surface area contributed by atoms with E-state index < -0.39 is 5.60 Å². The number of aromatic amines is 1. The average molecular weight is 209 g/mol. The molecule has 15 heavy (non-hydrogen) atoms. The molecule has 0 aliphatic heterocycles. The van der Waals surface area contributed by atoms with Crippen LogP contribution in [0, 0.1) is 0 Å². The summed E-state index contributed by atoms with van der Waals surface area (Å²) < 4.78 is 0. The van der Waals surface area contributed by atoms with Gasteiger partial charge >= 0.3 is 0 Å². The van der Waals surface area contributed by atoms with Gasteiger partial charge in [0.25, 0.3) is 5.56 Å². The highest BCUT2D eigenvalue weighted by Crippen LogP contribution is 2.29. The van der Waals surface area contributed by atoms with Crippen LogP contribution in [0.25, 0.3) is 0 Å². The lowest BCUT2D eigenvalue weighted by atomic mass is 10.0. The summed E-state index contributed by atoms with van der Waals surface area (Å²) in [5, 5.41) is 12.9. The maximum absolute atomic E-state index is 11.3. The first-order valence-corrected chi connectivity index (χ1v) is 5.20. The molecule has 1 aromatic heterocycles. The molecule has 1 saturated carbocycles. The Hall–Kier alpha value is -1.36. The van der Waals surface area contributed by atoms with E-state index in [1.54, 1.807) is 0 Å². The van der Waals surface area contributed by atoms with Gasteiger partial charge in [-0.2, -0.15) is 0 Å². The fraction of sp³-hybridized carbons (Fsp3) is 0.600. The summed E-state index contributed by atoms with van der Waals surface area (Å²) in [5.74, 6) is 0.276. The molecule has 0 unspecified atom stereocenters. The van der Waals surface area contributed by atoms with Crippen LogP contribution in [0.1, 0.15) is 25.7 Å². The maximum Gasteiger partial charge on any atom is 0.290 e. The van der Waals surface area contributed by atoms with Crippen molar-refractivity contribution in [1.82, 2.24) is 9.97 Å². The number of nitrogens with zero attached hydrogens (tertiary/aromatic N) is 1. The third-order valence-corrected chi connectivity index (χ3v) is 2.83. The summed E-state index contributed by atoms with van der Waals surface area (Å²) in [5.41, 5.74) is -0.914. The van der Waals surface area contributed by atoms with Crippen molar-refractivity contribution in [3.05, 3.63) is 22.7 Å². The zero-order valence-corrected chi connectivity index (χ0v) is 8.49. The Morgan fingerprint density at radius 3 is 2.93 bits per heavy atom. The lowest BCUT2D eigenvalue weighted by Gasteiger charge is -2.22. The minimum atomic E-state index is -0.663. The van der Waals surface area contributed by atoms with Crippen molar-refractivity contribution in [2.75, 3.05) is 11.9 Å². The van der Waals surface area contributed by atoms with Crippen LogP contribution >= 0.6 is 0 Å². The van der Waals surface area contributed by atoms with Crippen LogP contribution in [-0.4, -0.2) is 27.2 Å². The van der Waals surface area contributed by atoms with Crippen molar-refractivity contribution in [3.63, 3.8) is 0 Å². The molecule has 0 aromatic carbocycles. The minimum absolute atomic E-state index is 0.251. The maximum atomic E-state index is 11.3. The van der Waals surface area contributed by atoms with E-state index in [9.17, 15) is 9.90 Å². The standard InChI is InChI=1S/C10H15N3O2/c14-9-8(11-5-6-12-9)13-7-10(15)3-1-2-4-10/h5-6,15H,1-4,7H2,(H,11,13)(H,12,14). The molecule has 1 aliphatic carbocycles. The van der Waals surface area contributed by atoms with Gasteiger partial charge in [-0.25, -0.2) is 4.98 Å². The van der Waals surface area contributed by atoms with E-state index in [1.165, 1.54) is 12.4 Å². The van der Waals surface area contributed by atoms with Crippen molar-refractivity contribution in [2.24, 2.45) is 0 Å². The second-order valence-corrected chi connectivity index (χ2v) is 4.05. The van der Waals surface area contributed by atoms with Gasteiger partial charge in [-0.05, 0) is 12.8 Å². The fourth-order valence-corrected chi connectivity index (χ4v) is 1.94. The summed E-state index contributed by atoms with van der Waals surface area (Å²) in [4.78, 5) is 17.7.